The van der Waals surface area contributed by atoms with Crippen LogP contribution in [-0.2, 0) is 14.6 Å². The third-order valence-electron chi connectivity index (χ3n) is 2.78. The molecule has 1 aliphatic heterocycles. The highest BCUT2D eigenvalue weighted by Crippen LogP contribution is 2.11. The molecule has 4 nitrogen and oxygen atoms in total. The lowest BCUT2D eigenvalue weighted by atomic mass is 10.2. The zero-order chi connectivity index (χ0) is 11.9. The normalized spacial score (nSPS) is 24.4. The molecule has 1 fully saturated rings. The van der Waals surface area contributed by atoms with Crippen molar-refractivity contribution in [1.82, 2.24) is 5.32 Å². The molecule has 0 amide bonds. The van der Waals surface area contributed by atoms with Crippen molar-refractivity contribution in [3.63, 3.8) is 0 Å². The molecular weight excluding hydrogens is 226 g/mol. The van der Waals surface area contributed by atoms with Crippen molar-refractivity contribution in [3.8, 4) is 0 Å². The largest absolute Gasteiger partial charge is 0.380 e. The zero-order valence-corrected chi connectivity index (χ0v) is 10.9. The van der Waals surface area contributed by atoms with Gasteiger partial charge < -0.3 is 10.1 Å². The molecule has 0 saturated carbocycles. The summed E-state index contributed by atoms with van der Waals surface area (Å²) in [7, 11) is -2.79. The Labute approximate surface area is 98.7 Å². The van der Waals surface area contributed by atoms with Crippen molar-refractivity contribution in [2.75, 3.05) is 31.3 Å². The van der Waals surface area contributed by atoms with Crippen molar-refractivity contribution in [2.24, 2.45) is 0 Å². The van der Waals surface area contributed by atoms with Gasteiger partial charge in [-0.1, -0.05) is 13.3 Å². The first-order chi connectivity index (χ1) is 7.64. The van der Waals surface area contributed by atoms with Gasteiger partial charge in [-0.15, -0.1) is 0 Å². The number of hydrogen-bond donors (Lipinski definition) is 1. The van der Waals surface area contributed by atoms with Gasteiger partial charge in [0.15, 0.2) is 9.84 Å². The van der Waals surface area contributed by atoms with Gasteiger partial charge in [0.05, 0.1) is 18.1 Å². The number of unbranched alkanes of at least 4 members (excludes halogenated alkanes) is 1. The van der Waals surface area contributed by atoms with E-state index >= 15 is 0 Å². The van der Waals surface area contributed by atoms with Crippen molar-refractivity contribution >= 4 is 9.84 Å². The summed E-state index contributed by atoms with van der Waals surface area (Å²) >= 11 is 0. The average Bonchev–Trinajstić information content (AvgIpc) is 2.22. The predicted octanol–water partition coefficient (Wildman–Crippen LogP) is 0.970. The van der Waals surface area contributed by atoms with Crippen molar-refractivity contribution in [2.45, 2.75) is 38.6 Å². The highest BCUT2D eigenvalue weighted by Gasteiger charge is 2.23. The van der Waals surface area contributed by atoms with Gasteiger partial charge in [-0.05, 0) is 19.3 Å². The summed E-state index contributed by atoms with van der Waals surface area (Å²) < 4.78 is 28.1. The van der Waals surface area contributed by atoms with Crippen molar-refractivity contribution < 1.29 is 13.2 Å². The number of hydrogen-bond acceptors (Lipinski definition) is 4. The Balaban J connectivity index is 2.04. The fourth-order valence-corrected chi connectivity index (χ4v) is 3.54. The van der Waals surface area contributed by atoms with Gasteiger partial charge in [-0.2, -0.15) is 0 Å². The molecule has 1 unspecified atom stereocenters. The molecule has 0 aromatic carbocycles. The van der Waals surface area contributed by atoms with Crippen LogP contribution in [0.25, 0.3) is 0 Å². The lowest BCUT2D eigenvalue weighted by molar-refractivity contribution is 0.131. The van der Waals surface area contributed by atoms with E-state index in [9.17, 15) is 8.42 Å². The van der Waals surface area contributed by atoms with Crippen LogP contribution >= 0.6 is 0 Å². The standard InChI is InChI=1S/C11H23NO3S/c1-2-3-7-15-8-6-12-11-5-4-9-16(13,14)10-11/h11-12H,2-10H2,1H3. The van der Waals surface area contributed by atoms with E-state index in [4.69, 9.17) is 4.74 Å². The smallest absolute Gasteiger partial charge is 0.151 e. The van der Waals surface area contributed by atoms with E-state index in [1.54, 1.807) is 0 Å². The Morgan fingerprint density at radius 2 is 2.19 bits per heavy atom. The maximum atomic E-state index is 11.4. The number of rotatable bonds is 7. The summed E-state index contributed by atoms with van der Waals surface area (Å²) in [5.41, 5.74) is 0. The van der Waals surface area contributed by atoms with Crippen LogP contribution in [0, 0.1) is 0 Å². The summed E-state index contributed by atoms with van der Waals surface area (Å²) in [6.45, 7) is 4.37. The molecular formula is C11H23NO3S. The molecule has 1 rings (SSSR count). The lowest BCUT2D eigenvalue weighted by Crippen LogP contribution is -2.41. The van der Waals surface area contributed by atoms with Crippen LogP contribution in [0.15, 0.2) is 0 Å². The monoisotopic (exact) mass is 249 g/mol. The minimum atomic E-state index is -2.79. The second kappa shape index (κ2) is 7.25. The molecule has 0 aromatic rings. The van der Waals surface area contributed by atoms with E-state index in [-0.39, 0.29) is 6.04 Å². The first-order valence-electron chi connectivity index (χ1n) is 6.15. The highest BCUT2D eigenvalue weighted by atomic mass is 32.2. The Morgan fingerprint density at radius 1 is 1.38 bits per heavy atom. The van der Waals surface area contributed by atoms with Gasteiger partial charge in [0.1, 0.15) is 0 Å². The fourth-order valence-electron chi connectivity index (χ4n) is 1.87. The number of sulfone groups is 1. The van der Waals surface area contributed by atoms with Crippen LogP contribution in [0.2, 0.25) is 0 Å². The van der Waals surface area contributed by atoms with E-state index in [0.29, 0.717) is 18.1 Å². The number of nitrogens with one attached hydrogen (secondary N) is 1. The van der Waals surface area contributed by atoms with Gasteiger partial charge in [0.25, 0.3) is 0 Å². The quantitative estimate of drug-likeness (QED) is 0.683. The molecule has 96 valence electrons. The van der Waals surface area contributed by atoms with E-state index in [0.717, 1.165) is 38.8 Å². The van der Waals surface area contributed by atoms with Crippen LogP contribution in [-0.4, -0.2) is 45.7 Å². The Bertz CT molecular complexity index is 277. The third-order valence-corrected chi connectivity index (χ3v) is 4.61. The van der Waals surface area contributed by atoms with Gasteiger partial charge in [-0.3, -0.25) is 0 Å². The van der Waals surface area contributed by atoms with E-state index in [1.165, 1.54) is 0 Å². The van der Waals surface area contributed by atoms with Crippen LogP contribution in [0.4, 0.5) is 0 Å². The molecule has 16 heavy (non-hydrogen) atoms. The lowest BCUT2D eigenvalue weighted by Gasteiger charge is -2.22. The Kier molecular flexibility index (Phi) is 6.31. The molecule has 0 spiro atoms. The summed E-state index contributed by atoms with van der Waals surface area (Å²) in [5.74, 6) is 0.653. The van der Waals surface area contributed by atoms with Gasteiger partial charge in [-0.25, -0.2) is 8.42 Å². The van der Waals surface area contributed by atoms with Crippen LogP contribution in [0.5, 0.6) is 0 Å². The molecule has 1 atom stereocenters. The molecule has 1 N–H and O–H groups in total. The first kappa shape index (κ1) is 13.9. The predicted molar refractivity (Wildman–Crippen MR) is 65.4 cm³/mol. The Morgan fingerprint density at radius 3 is 2.88 bits per heavy atom. The average molecular weight is 249 g/mol. The second-order valence-electron chi connectivity index (χ2n) is 4.37. The maximum Gasteiger partial charge on any atom is 0.151 e. The Hall–Kier alpha value is -0.130. The molecule has 0 bridgehead atoms. The molecule has 0 aromatic heterocycles. The topological polar surface area (TPSA) is 55.4 Å². The van der Waals surface area contributed by atoms with Crippen LogP contribution in [0.3, 0.4) is 0 Å². The molecule has 0 radical (unpaired) electrons. The molecule has 0 aliphatic carbocycles. The number of ether oxygens (including phenoxy) is 1. The summed E-state index contributed by atoms with van der Waals surface area (Å²) in [4.78, 5) is 0. The van der Waals surface area contributed by atoms with Gasteiger partial charge in [0, 0.05) is 19.2 Å². The van der Waals surface area contributed by atoms with Crippen molar-refractivity contribution in [1.29, 1.82) is 0 Å². The van der Waals surface area contributed by atoms with E-state index < -0.39 is 9.84 Å². The fraction of sp³-hybridized carbons (Fsp3) is 1.00. The SMILES string of the molecule is CCCCOCCNC1CCCS(=O)(=O)C1. The van der Waals surface area contributed by atoms with Crippen molar-refractivity contribution in [3.05, 3.63) is 0 Å². The van der Waals surface area contributed by atoms with E-state index in [1.807, 2.05) is 0 Å². The van der Waals surface area contributed by atoms with Crippen LogP contribution in [0.1, 0.15) is 32.6 Å². The second-order valence-corrected chi connectivity index (χ2v) is 6.60. The maximum absolute atomic E-state index is 11.4. The third kappa shape index (κ3) is 5.82. The van der Waals surface area contributed by atoms with Gasteiger partial charge in [0.2, 0.25) is 0 Å². The highest BCUT2D eigenvalue weighted by molar-refractivity contribution is 7.91. The summed E-state index contributed by atoms with van der Waals surface area (Å²) in [6.07, 6.45) is 4.00. The van der Waals surface area contributed by atoms with Gasteiger partial charge >= 0.3 is 0 Å². The molecule has 1 saturated heterocycles. The van der Waals surface area contributed by atoms with E-state index in [2.05, 4.69) is 12.2 Å². The zero-order valence-electron chi connectivity index (χ0n) is 10.1. The molecule has 1 heterocycles. The van der Waals surface area contributed by atoms with Crippen LogP contribution < -0.4 is 5.32 Å². The summed E-state index contributed by atoms with van der Waals surface area (Å²) in [5, 5.41) is 3.25. The molecule has 1 aliphatic rings. The molecule has 5 heteroatoms. The minimum absolute atomic E-state index is 0.133. The minimum Gasteiger partial charge on any atom is -0.380 e. The summed E-state index contributed by atoms with van der Waals surface area (Å²) in [6, 6.07) is 0.133. The first-order valence-corrected chi connectivity index (χ1v) is 7.98.